The van der Waals surface area contributed by atoms with Crippen LogP contribution in [-0.2, 0) is 16.1 Å². The van der Waals surface area contributed by atoms with Gasteiger partial charge in [0.25, 0.3) is 0 Å². The molecule has 0 radical (unpaired) electrons. The summed E-state index contributed by atoms with van der Waals surface area (Å²) in [7, 11) is 1.62. The number of hydrogen-bond donors (Lipinski definition) is 2. The summed E-state index contributed by atoms with van der Waals surface area (Å²) < 4.78 is 24.4. The fourth-order valence-corrected chi connectivity index (χ4v) is 3.64. The van der Waals surface area contributed by atoms with Crippen molar-refractivity contribution in [2.45, 2.75) is 20.4 Å². The number of benzene rings is 1. The van der Waals surface area contributed by atoms with E-state index in [0.717, 1.165) is 55.4 Å². The minimum Gasteiger partial charge on any atom is -0.459 e. The zero-order valence-electron chi connectivity index (χ0n) is 18.9. The van der Waals surface area contributed by atoms with Crippen LogP contribution in [0.3, 0.4) is 0 Å². The molecule has 3 rings (SSSR count). The average molecular weight is 561 g/mol. The SMILES string of the molecule is CCNC(=NCc1oc2ccc(F)cc2c1C)N1CCN(CC(=O)NCCOC)CC1.I. The summed E-state index contributed by atoms with van der Waals surface area (Å²) >= 11 is 0. The number of nitrogens with one attached hydrogen (secondary N) is 2. The van der Waals surface area contributed by atoms with E-state index < -0.39 is 0 Å². The highest BCUT2D eigenvalue weighted by atomic mass is 127. The second-order valence-corrected chi connectivity index (χ2v) is 7.57. The molecule has 0 unspecified atom stereocenters. The number of fused-ring (bicyclic) bond motifs is 1. The van der Waals surface area contributed by atoms with Crippen LogP contribution in [0.25, 0.3) is 11.0 Å². The van der Waals surface area contributed by atoms with E-state index in [4.69, 9.17) is 14.1 Å². The van der Waals surface area contributed by atoms with Crippen LogP contribution in [-0.4, -0.2) is 81.2 Å². The van der Waals surface area contributed by atoms with Gasteiger partial charge in [0.15, 0.2) is 5.96 Å². The number of halogens is 2. The Bertz CT molecular complexity index is 912. The summed E-state index contributed by atoms with van der Waals surface area (Å²) in [5.41, 5.74) is 1.59. The average Bonchev–Trinajstić information content (AvgIpc) is 3.07. The highest BCUT2D eigenvalue weighted by Crippen LogP contribution is 2.26. The number of carbonyl (C=O) groups excluding carboxylic acids is 1. The zero-order chi connectivity index (χ0) is 22.2. The van der Waals surface area contributed by atoms with Crippen molar-refractivity contribution in [1.82, 2.24) is 20.4 Å². The maximum Gasteiger partial charge on any atom is 0.234 e. The predicted molar refractivity (Wildman–Crippen MR) is 134 cm³/mol. The highest BCUT2D eigenvalue weighted by Gasteiger charge is 2.21. The van der Waals surface area contributed by atoms with Gasteiger partial charge in [0.2, 0.25) is 5.91 Å². The smallest absolute Gasteiger partial charge is 0.234 e. The van der Waals surface area contributed by atoms with Crippen LogP contribution in [0.1, 0.15) is 18.2 Å². The number of amides is 1. The summed E-state index contributed by atoms with van der Waals surface area (Å²) in [6, 6.07) is 4.55. The van der Waals surface area contributed by atoms with Gasteiger partial charge in [0, 0.05) is 57.3 Å². The third kappa shape index (κ3) is 7.04. The molecule has 2 aromatic rings. The Morgan fingerprint density at radius 1 is 1.25 bits per heavy atom. The van der Waals surface area contributed by atoms with Crippen LogP contribution in [0.4, 0.5) is 4.39 Å². The van der Waals surface area contributed by atoms with Gasteiger partial charge in [-0.2, -0.15) is 0 Å². The van der Waals surface area contributed by atoms with Crippen molar-refractivity contribution in [2.75, 3.05) is 59.5 Å². The molecule has 1 aliphatic heterocycles. The summed E-state index contributed by atoms with van der Waals surface area (Å²) in [5.74, 6) is 1.30. The van der Waals surface area contributed by atoms with Gasteiger partial charge in [-0.1, -0.05) is 0 Å². The Balaban J connectivity index is 0.00000363. The van der Waals surface area contributed by atoms with E-state index in [9.17, 15) is 9.18 Å². The molecule has 0 spiro atoms. The molecule has 2 N–H and O–H groups in total. The topological polar surface area (TPSA) is 82.3 Å². The zero-order valence-corrected chi connectivity index (χ0v) is 21.3. The third-order valence-corrected chi connectivity index (χ3v) is 5.37. The fourth-order valence-electron chi connectivity index (χ4n) is 3.64. The lowest BCUT2D eigenvalue weighted by atomic mass is 10.1. The van der Waals surface area contributed by atoms with Crippen molar-refractivity contribution < 1.29 is 18.3 Å². The Kier molecular flexibility index (Phi) is 10.7. The quantitative estimate of drug-likeness (QED) is 0.223. The van der Waals surface area contributed by atoms with E-state index in [1.54, 1.807) is 13.2 Å². The van der Waals surface area contributed by atoms with Crippen molar-refractivity contribution in [1.29, 1.82) is 0 Å². The van der Waals surface area contributed by atoms with E-state index in [1.807, 2.05) is 13.8 Å². The second-order valence-electron chi connectivity index (χ2n) is 7.57. The molecule has 0 saturated carbocycles. The van der Waals surface area contributed by atoms with Crippen molar-refractivity contribution in [3.63, 3.8) is 0 Å². The maximum absolute atomic E-state index is 13.6. The van der Waals surface area contributed by atoms with Gasteiger partial charge in [0.05, 0.1) is 13.2 Å². The fraction of sp³-hybridized carbons (Fsp3) is 0.545. The summed E-state index contributed by atoms with van der Waals surface area (Å²) in [4.78, 5) is 21.1. The molecule has 178 valence electrons. The van der Waals surface area contributed by atoms with Gasteiger partial charge in [-0.3, -0.25) is 9.69 Å². The van der Waals surface area contributed by atoms with E-state index >= 15 is 0 Å². The van der Waals surface area contributed by atoms with Crippen LogP contribution < -0.4 is 10.6 Å². The molecule has 1 aromatic carbocycles. The van der Waals surface area contributed by atoms with Gasteiger partial charge in [-0.25, -0.2) is 9.38 Å². The highest BCUT2D eigenvalue weighted by molar-refractivity contribution is 14.0. The maximum atomic E-state index is 13.6. The number of piperazine rings is 1. The molecule has 0 atom stereocenters. The lowest BCUT2D eigenvalue weighted by Gasteiger charge is -2.36. The minimum atomic E-state index is -0.273. The largest absolute Gasteiger partial charge is 0.459 e. The number of hydrogen-bond acceptors (Lipinski definition) is 5. The number of ether oxygens (including phenoxy) is 1. The molecule has 1 aliphatic rings. The van der Waals surface area contributed by atoms with E-state index in [0.29, 0.717) is 31.8 Å². The summed E-state index contributed by atoms with van der Waals surface area (Å²) in [5, 5.41) is 6.98. The van der Waals surface area contributed by atoms with Gasteiger partial charge < -0.3 is 24.7 Å². The van der Waals surface area contributed by atoms with E-state index in [-0.39, 0.29) is 35.7 Å². The molecular formula is C22H33FIN5O3. The number of furan rings is 1. The molecule has 1 aromatic heterocycles. The van der Waals surface area contributed by atoms with Gasteiger partial charge >= 0.3 is 0 Å². The third-order valence-electron chi connectivity index (χ3n) is 5.37. The molecule has 32 heavy (non-hydrogen) atoms. The number of aryl methyl sites for hydroxylation is 1. The van der Waals surface area contributed by atoms with Crippen LogP contribution in [0.5, 0.6) is 0 Å². The molecule has 0 bridgehead atoms. The monoisotopic (exact) mass is 561 g/mol. The predicted octanol–water partition coefficient (Wildman–Crippen LogP) is 2.34. The molecule has 0 aliphatic carbocycles. The number of nitrogens with zero attached hydrogens (tertiary/aromatic N) is 3. The molecule has 8 nitrogen and oxygen atoms in total. The summed E-state index contributed by atoms with van der Waals surface area (Å²) in [6.45, 7) is 9.66. The van der Waals surface area contributed by atoms with Gasteiger partial charge in [0.1, 0.15) is 23.7 Å². The van der Waals surface area contributed by atoms with E-state index in [2.05, 4.69) is 20.4 Å². The van der Waals surface area contributed by atoms with Crippen LogP contribution in [0, 0.1) is 12.7 Å². The van der Waals surface area contributed by atoms with Crippen LogP contribution in [0.15, 0.2) is 27.6 Å². The molecule has 1 fully saturated rings. The first-order chi connectivity index (χ1) is 15.0. The van der Waals surface area contributed by atoms with Crippen molar-refractivity contribution in [3.8, 4) is 0 Å². The van der Waals surface area contributed by atoms with Crippen molar-refractivity contribution >= 4 is 46.8 Å². The minimum absolute atomic E-state index is 0. The van der Waals surface area contributed by atoms with E-state index in [1.165, 1.54) is 12.1 Å². The molecule has 10 heteroatoms. The Morgan fingerprint density at radius 2 is 2.00 bits per heavy atom. The number of guanidine groups is 1. The van der Waals surface area contributed by atoms with Crippen molar-refractivity contribution in [3.05, 3.63) is 35.3 Å². The normalized spacial score (nSPS) is 15.0. The number of aliphatic imine (C=N–C) groups is 1. The number of rotatable bonds is 8. The first-order valence-corrected chi connectivity index (χ1v) is 10.7. The standard InChI is InChI=1S/C22H32FN5O3.HI/c1-4-24-22(26-14-20-16(2)18-13-17(23)5-6-19(18)31-20)28-10-8-27(9-11-28)15-21(29)25-7-12-30-3;/h5-6,13H,4,7-12,14-15H2,1-3H3,(H,24,26)(H,25,29);1H. The van der Waals surface area contributed by atoms with Gasteiger partial charge in [-0.15, -0.1) is 24.0 Å². The first kappa shape index (κ1) is 26.3. The second kappa shape index (κ2) is 12.9. The molecular weight excluding hydrogens is 528 g/mol. The molecule has 1 saturated heterocycles. The lowest BCUT2D eigenvalue weighted by molar-refractivity contribution is -0.122. The summed E-state index contributed by atoms with van der Waals surface area (Å²) in [6.07, 6.45) is 0. The molecule has 1 amide bonds. The number of methoxy groups -OCH3 is 1. The van der Waals surface area contributed by atoms with Crippen LogP contribution in [0.2, 0.25) is 0 Å². The van der Waals surface area contributed by atoms with Crippen molar-refractivity contribution in [2.24, 2.45) is 4.99 Å². The Labute approximate surface area is 205 Å². The Hall–Kier alpha value is -1.92. The Morgan fingerprint density at radius 3 is 2.69 bits per heavy atom. The van der Waals surface area contributed by atoms with Gasteiger partial charge in [-0.05, 0) is 32.0 Å². The first-order valence-electron chi connectivity index (χ1n) is 10.7. The number of carbonyl (C=O) groups is 1. The van der Waals surface area contributed by atoms with Crippen LogP contribution >= 0.6 is 24.0 Å². The molecule has 2 heterocycles. The lowest BCUT2D eigenvalue weighted by Crippen LogP contribution is -2.54.